The van der Waals surface area contributed by atoms with Crippen LogP contribution in [0, 0.1) is 6.92 Å². The molecule has 0 unspecified atom stereocenters. The van der Waals surface area contributed by atoms with Crippen molar-refractivity contribution in [2.24, 2.45) is 0 Å². The predicted molar refractivity (Wildman–Crippen MR) is 94.0 cm³/mol. The highest BCUT2D eigenvalue weighted by molar-refractivity contribution is 5.92. The second kappa shape index (κ2) is 4.71. The largest absolute Gasteiger partial charge is 0.371 e. The van der Waals surface area contributed by atoms with Crippen molar-refractivity contribution < 1.29 is 0 Å². The zero-order valence-corrected chi connectivity index (χ0v) is 14.3. The first kappa shape index (κ1) is 14.0. The lowest BCUT2D eigenvalue weighted by atomic mass is 9.86. The third-order valence-electron chi connectivity index (χ3n) is 5.27. The molecule has 0 aliphatic carbocycles. The van der Waals surface area contributed by atoms with Crippen molar-refractivity contribution in [1.82, 2.24) is 4.98 Å². The smallest absolute Gasteiger partial charge is 0.0761 e. The number of aryl methyl sites for hydroxylation is 3. The van der Waals surface area contributed by atoms with Gasteiger partial charge >= 0.3 is 0 Å². The lowest BCUT2D eigenvalue weighted by Crippen LogP contribution is -2.34. The molecule has 4 rings (SSSR count). The molecule has 1 aromatic heterocycles. The quantitative estimate of drug-likeness (QED) is 0.709. The van der Waals surface area contributed by atoms with Crippen LogP contribution in [0.1, 0.15) is 56.0 Å². The Balaban J connectivity index is 2.06. The lowest BCUT2D eigenvalue weighted by molar-refractivity contribution is 0.570. The molecule has 0 radical (unpaired) electrons. The van der Waals surface area contributed by atoms with E-state index in [0.29, 0.717) is 0 Å². The minimum absolute atomic E-state index is 0.107. The number of pyridine rings is 1. The molecule has 0 saturated heterocycles. The van der Waals surface area contributed by atoms with Gasteiger partial charge in [-0.3, -0.25) is 4.98 Å². The second-order valence-electron chi connectivity index (χ2n) is 8.03. The van der Waals surface area contributed by atoms with E-state index in [1.807, 2.05) is 0 Å². The van der Waals surface area contributed by atoms with Crippen molar-refractivity contribution in [1.29, 1.82) is 0 Å². The van der Waals surface area contributed by atoms with E-state index in [-0.39, 0.29) is 5.41 Å². The molecule has 0 spiro atoms. The third-order valence-corrected chi connectivity index (χ3v) is 5.27. The van der Waals surface area contributed by atoms with Gasteiger partial charge in [0.15, 0.2) is 0 Å². The van der Waals surface area contributed by atoms with E-state index in [4.69, 9.17) is 4.98 Å². The highest BCUT2D eigenvalue weighted by atomic mass is 15.1. The van der Waals surface area contributed by atoms with Crippen molar-refractivity contribution in [2.75, 3.05) is 18.0 Å². The highest BCUT2D eigenvalue weighted by Gasteiger charge is 2.27. The Labute approximate surface area is 133 Å². The number of aromatic nitrogens is 1. The van der Waals surface area contributed by atoms with Crippen molar-refractivity contribution >= 4 is 16.6 Å². The fourth-order valence-corrected chi connectivity index (χ4v) is 4.09. The number of anilines is 1. The van der Waals surface area contributed by atoms with Gasteiger partial charge < -0.3 is 4.90 Å². The Morgan fingerprint density at radius 1 is 1.05 bits per heavy atom. The summed E-state index contributed by atoms with van der Waals surface area (Å²) in [6.07, 6.45) is 4.99. The summed E-state index contributed by atoms with van der Waals surface area (Å²) in [7, 11) is 0. The van der Waals surface area contributed by atoms with Gasteiger partial charge in [-0.15, -0.1) is 0 Å². The molecule has 0 fully saturated rings. The summed E-state index contributed by atoms with van der Waals surface area (Å²) in [6, 6.07) is 4.73. The summed E-state index contributed by atoms with van der Waals surface area (Å²) in [5, 5.41) is 1.38. The number of fused-ring (bicyclic) bond motifs is 2. The zero-order chi connectivity index (χ0) is 15.5. The average molecular weight is 294 g/mol. The molecule has 0 saturated carbocycles. The predicted octanol–water partition coefficient (Wildman–Crippen LogP) is 4.54. The highest BCUT2D eigenvalue weighted by Crippen LogP contribution is 2.40. The minimum atomic E-state index is 0.107. The molecular weight excluding hydrogens is 268 g/mol. The number of rotatable bonds is 0. The van der Waals surface area contributed by atoms with Gasteiger partial charge in [0, 0.05) is 40.8 Å². The van der Waals surface area contributed by atoms with Crippen LogP contribution in [0.5, 0.6) is 0 Å². The van der Waals surface area contributed by atoms with Crippen LogP contribution in [-0.2, 0) is 18.3 Å². The molecule has 1 aromatic carbocycles. The van der Waals surface area contributed by atoms with Gasteiger partial charge in [0.2, 0.25) is 0 Å². The Morgan fingerprint density at radius 2 is 1.77 bits per heavy atom. The maximum Gasteiger partial charge on any atom is 0.0761 e. The van der Waals surface area contributed by atoms with E-state index < -0.39 is 0 Å². The van der Waals surface area contributed by atoms with Gasteiger partial charge in [0.05, 0.1) is 5.52 Å². The summed E-state index contributed by atoms with van der Waals surface area (Å²) in [6.45, 7) is 11.5. The number of nitrogens with zero attached hydrogens (tertiary/aromatic N) is 2. The fourth-order valence-electron chi connectivity index (χ4n) is 4.09. The average Bonchev–Trinajstić information content (AvgIpc) is 2.47. The summed E-state index contributed by atoms with van der Waals surface area (Å²) in [4.78, 5) is 7.74. The van der Waals surface area contributed by atoms with Gasteiger partial charge in [0.25, 0.3) is 0 Å². The van der Waals surface area contributed by atoms with E-state index in [1.165, 1.54) is 72.2 Å². The number of hydrogen-bond acceptors (Lipinski definition) is 2. The molecule has 0 amide bonds. The first-order valence-electron chi connectivity index (χ1n) is 8.67. The maximum atomic E-state index is 5.13. The summed E-state index contributed by atoms with van der Waals surface area (Å²) < 4.78 is 0. The van der Waals surface area contributed by atoms with Crippen LogP contribution >= 0.6 is 0 Å². The SMILES string of the molecule is Cc1cc(C(C)(C)C)nc2c3c4c(cc12)CCCN4CCC3. The molecule has 116 valence electrons. The Hall–Kier alpha value is -1.57. The van der Waals surface area contributed by atoms with Gasteiger partial charge in [-0.25, -0.2) is 0 Å². The van der Waals surface area contributed by atoms with Crippen LogP contribution in [0.2, 0.25) is 0 Å². The van der Waals surface area contributed by atoms with Gasteiger partial charge in [0.1, 0.15) is 0 Å². The molecule has 2 nitrogen and oxygen atoms in total. The summed E-state index contributed by atoms with van der Waals surface area (Å²) in [5.41, 5.74) is 8.60. The Morgan fingerprint density at radius 3 is 2.50 bits per heavy atom. The van der Waals surface area contributed by atoms with Gasteiger partial charge in [-0.05, 0) is 55.9 Å². The van der Waals surface area contributed by atoms with Crippen LogP contribution in [-0.4, -0.2) is 18.1 Å². The maximum absolute atomic E-state index is 5.13. The molecule has 2 aromatic rings. The van der Waals surface area contributed by atoms with Crippen molar-refractivity contribution in [3.63, 3.8) is 0 Å². The topological polar surface area (TPSA) is 16.1 Å². The molecule has 22 heavy (non-hydrogen) atoms. The first-order chi connectivity index (χ1) is 10.4. The Bertz CT molecular complexity index is 751. The van der Waals surface area contributed by atoms with E-state index in [1.54, 1.807) is 5.56 Å². The fraction of sp³-hybridized carbons (Fsp3) is 0.550. The Kier molecular flexibility index (Phi) is 3.01. The van der Waals surface area contributed by atoms with Crippen molar-refractivity contribution in [3.8, 4) is 0 Å². The molecule has 2 heteroatoms. The summed E-state index contributed by atoms with van der Waals surface area (Å²) >= 11 is 0. The second-order valence-corrected chi connectivity index (χ2v) is 8.03. The standard InChI is InChI=1S/C20H26N2/c1-13-11-17(20(2,3)4)21-18-15-8-6-10-22-9-5-7-14(19(15)22)12-16(13)18/h11-12H,5-10H2,1-4H3. The molecule has 0 atom stereocenters. The van der Waals surface area contributed by atoms with Crippen LogP contribution in [0.25, 0.3) is 10.9 Å². The first-order valence-corrected chi connectivity index (χ1v) is 8.67. The van der Waals surface area contributed by atoms with Crippen LogP contribution in [0.15, 0.2) is 12.1 Å². The molecule has 0 N–H and O–H groups in total. The van der Waals surface area contributed by atoms with Crippen molar-refractivity contribution in [3.05, 3.63) is 34.5 Å². The number of benzene rings is 1. The van der Waals surface area contributed by atoms with E-state index >= 15 is 0 Å². The third kappa shape index (κ3) is 2.04. The lowest BCUT2D eigenvalue weighted by Gasteiger charge is -2.37. The molecule has 3 heterocycles. The van der Waals surface area contributed by atoms with E-state index in [0.717, 1.165) is 0 Å². The summed E-state index contributed by atoms with van der Waals surface area (Å²) in [5.74, 6) is 0. The van der Waals surface area contributed by atoms with Gasteiger partial charge in [-0.2, -0.15) is 0 Å². The molecule has 0 bridgehead atoms. The van der Waals surface area contributed by atoms with Crippen molar-refractivity contribution in [2.45, 2.75) is 58.8 Å². The van der Waals surface area contributed by atoms with Gasteiger partial charge in [-0.1, -0.05) is 20.8 Å². The normalized spacial score (nSPS) is 17.7. The zero-order valence-electron chi connectivity index (χ0n) is 14.3. The monoisotopic (exact) mass is 294 g/mol. The van der Waals surface area contributed by atoms with Crippen LogP contribution in [0.4, 0.5) is 5.69 Å². The van der Waals surface area contributed by atoms with E-state index in [2.05, 4.69) is 44.7 Å². The van der Waals surface area contributed by atoms with Crippen LogP contribution < -0.4 is 4.90 Å². The van der Waals surface area contributed by atoms with E-state index in [9.17, 15) is 0 Å². The number of hydrogen-bond donors (Lipinski definition) is 0. The van der Waals surface area contributed by atoms with Crippen LogP contribution in [0.3, 0.4) is 0 Å². The minimum Gasteiger partial charge on any atom is -0.371 e. The molecular formula is C20H26N2. The molecule has 2 aliphatic rings. The molecule has 2 aliphatic heterocycles.